The van der Waals surface area contributed by atoms with Crippen LogP contribution in [0.2, 0.25) is 0 Å². The number of ether oxygens (including phenoxy) is 2. The van der Waals surface area contributed by atoms with Crippen molar-refractivity contribution in [1.29, 1.82) is 0 Å². The lowest BCUT2D eigenvalue weighted by molar-refractivity contribution is -0.383. The second kappa shape index (κ2) is 7.86. The van der Waals surface area contributed by atoms with E-state index in [2.05, 4.69) is 10.3 Å². The Morgan fingerprint density at radius 2 is 2.10 bits per heavy atom. The monoisotopic (exact) mass is 409 g/mol. The summed E-state index contributed by atoms with van der Waals surface area (Å²) in [4.78, 5) is 27.7. The average Bonchev–Trinajstić information content (AvgIpc) is 3.20. The third-order valence-electron chi connectivity index (χ3n) is 4.89. The molecule has 9 nitrogen and oxygen atoms in total. The number of hydrogen-bond donors (Lipinski definition) is 2. The third-order valence-corrected chi connectivity index (χ3v) is 4.89. The smallest absolute Gasteiger partial charge is 0.279 e. The molecule has 2 N–H and O–H groups in total. The summed E-state index contributed by atoms with van der Waals surface area (Å²) in [6.07, 6.45) is 2.35. The van der Waals surface area contributed by atoms with Crippen LogP contribution in [0.5, 0.6) is 17.2 Å². The summed E-state index contributed by atoms with van der Waals surface area (Å²) in [6.45, 7) is 1.96. The van der Waals surface area contributed by atoms with Gasteiger partial charge in [0.15, 0.2) is 11.5 Å². The quantitative estimate of drug-likeness (QED) is 0.471. The van der Waals surface area contributed by atoms with E-state index in [1.54, 1.807) is 24.3 Å². The van der Waals surface area contributed by atoms with Crippen LogP contribution in [0.4, 0.5) is 5.69 Å². The van der Waals surface area contributed by atoms with Gasteiger partial charge in [0, 0.05) is 24.2 Å². The average molecular weight is 409 g/mol. The van der Waals surface area contributed by atoms with Gasteiger partial charge in [-0.25, -0.2) is 0 Å². The van der Waals surface area contributed by atoms with E-state index in [-0.39, 0.29) is 47.0 Å². The fourth-order valence-corrected chi connectivity index (χ4v) is 3.50. The first-order valence-corrected chi connectivity index (χ1v) is 9.43. The number of pyridine rings is 1. The molecule has 0 radical (unpaired) electrons. The Kier molecular flexibility index (Phi) is 5.09. The second-order valence-electron chi connectivity index (χ2n) is 6.85. The van der Waals surface area contributed by atoms with Crippen LogP contribution in [0.25, 0.3) is 10.9 Å². The topological polar surface area (TPSA) is 124 Å². The highest BCUT2D eigenvalue weighted by molar-refractivity contribution is 5.94. The van der Waals surface area contributed by atoms with Crippen LogP contribution in [-0.2, 0) is 4.79 Å². The molecule has 1 amide bonds. The van der Waals surface area contributed by atoms with Crippen molar-refractivity contribution in [3.8, 4) is 17.2 Å². The van der Waals surface area contributed by atoms with Gasteiger partial charge in [0.25, 0.3) is 5.69 Å². The normalized spacial score (nSPS) is 13.2. The Morgan fingerprint density at radius 1 is 1.30 bits per heavy atom. The van der Waals surface area contributed by atoms with Gasteiger partial charge < -0.3 is 19.9 Å². The number of nitrogens with zero attached hydrogens (tertiary/aromatic N) is 2. The first-order valence-electron chi connectivity index (χ1n) is 9.43. The van der Waals surface area contributed by atoms with E-state index >= 15 is 0 Å². The van der Waals surface area contributed by atoms with Crippen molar-refractivity contribution in [2.45, 2.75) is 25.8 Å². The first-order chi connectivity index (χ1) is 14.5. The van der Waals surface area contributed by atoms with E-state index in [4.69, 9.17) is 9.47 Å². The Bertz CT molecular complexity index is 1150. The molecule has 2 aromatic carbocycles. The van der Waals surface area contributed by atoms with Gasteiger partial charge in [-0.15, -0.1) is 0 Å². The molecule has 0 bridgehead atoms. The van der Waals surface area contributed by atoms with Crippen LogP contribution >= 0.6 is 0 Å². The molecule has 0 saturated heterocycles. The van der Waals surface area contributed by atoms with Gasteiger partial charge in [0.2, 0.25) is 12.7 Å². The Balaban J connectivity index is 1.90. The fraction of sp³-hybridized carbons (Fsp3) is 0.238. The van der Waals surface area contributed by atoms with Crippen molar-refractivity contribution >= 4 is 22.5 Å². The van der Waals surface area contributed by atoms with Crippen molar-refractivity contribution < 1.29 is 24.3 Å². The lowest BCUT2D eigenvalue weighted by Gasteiger charge is -2.21. The molecular formula is C21H19N3O6. The summed E-state index contributed by atoms with van der Waals surface area (Å²) in [7, 11) is 0. The molecule has 30 heavy (non-hydrogen) atoms. The second-order valence-corrected chi connectivity index (χ2v) is 6.85. The molecule has 3 aromatic rings. The summed E-state index contributed by atoms with van der Waals surface area (Å²) in [6, 6.07) is 8.62. The highest BCUT2D eigenvalue weighted by atomic mass is 16.7. The number of carbonyl (C=O) groups excluding carboxylic acids is 1. The maximum Gasteiger partial charge on any atom is 0.279 e. The number of phenolic OH excluding ortho intramolecular Hbond substituents is 1. The van der Waals surface area contributed by atoms with E-state index in [1.807, 2.05) is 6.92 Å². The number of phenols is 1. The van der Waals surface area contributed by atoms with Crippen molar-refractivity contribution in [1.82, 2.24) is 10.3 Å². The van der Waals surface area contributed by atoms with Crippen LogP contribution < -0.4 is 14.8 Å². The van der Waals surface area contributed by atoms with Crippen LogP contribution in [0.3, 0.4) is 0 Å². The fourth-order valence-electron chi connectivity index (χ4n) is 3.50. The molecule has 154 valence electrons. The van der Waals surface area contributed by atoms with E-state index in [9.17, 15) is 20.0 Å². The minimum Gasteiger partial charge on any atom is -0.505 e. The number of aromatic hydroxyl groups is 1. The molecule has 1 aliphatic rings. The maximum atomic E-state index is 12.4. The molecule has 0 fully saturated rings. The number of rotatable bonds is 6. The van der Waals surface area contributed by atoms with Crippen molar-refractivity contribution in [2.75, 3.05) is 6.79 Å². The Labute approximate surface area is 171 Å². The summed E-state index contributed by atoms with van der Waals surface area (Å²) < 4.78 is 10.8. The molecule has 1 aliphatic heterocycles. The maximum absolute atomic E-state index is 12.4. The van der Waals surface area contributed by atoms with Crippen LogP contribution in [0.15, 0.2) is 42.6 Å². The highest BCUT2D eigenvalue weighted by Gasteiger charge is 2.28. The van der Waals surface area contributed by atoms with Gasteiger partial charge in [-0.1, -0.05) is 13.0 Å². The first kappa shape index (κ1) is 19.4. The van der Waals surface area contributed by atoms with Gasteiger partial charge in [0.05, 0.1) is 16.4 Å². The number of hydrogen-bond acceptors (Lipinski definition) is 7. The van der Waals surface area contributed by atoms with Gasteiger partial charge in [-0.3, -0.25) is 19.9 Å². The van der Waals surface area contributed by atoms with Crippen LogP contribution in [-0.4, -0.2) is 27.7 Å². The molecular weight excluding hydrogens is 390 g/mol. The molecule has 2 heterocycles. The van der Waals surface area contributed by atoms with Gasteiger partial charge in [-0.2, -0.15) is 0 Å². The van der Waals surface area contributed by atoms with Crippen molar-refractivity contribution in [2.24, 2.45) is 0 Å². The zero-order valence-corrected chi connectivity index (χ0v) is 16.1. The standard InChI is InChI=1S/C21H19N3O6/c1-2-4-18(25)23-19(12-6-7-16-17(9-12)30-11-29-16)14-10-15(24(27)28)13-5-3-8-22-20(13)21(14)26/h3,5-10,19,26H,2,4,11H2,1H3,(H,23,25)/t19-/m1/s1. The number of nitrogens with one attached hydrogen (secondary N) is 1. The summed E-state index contributed by atoms with van der Waals surface area (Å²) >= 11 is 0. The minimum absolute atomic E-state index is 0.0856. The molecule has 1 atom stereocenters. The molecule has 0 unspecified atom stereocenters. The molecule has 1 aromatic heterocycles. The van der Waals surface area contributed by atoms with Gasteiger partial charge >= 0.3 is 0 Å². The molecule has 9 heteroatoms. The van der Waals surface area contributed by atoms with E-state index < -0.39 is 11.0 Å². The van der Waals surface area contributed by atoms with E-state index in [0.29, 0.717) is 23.5 Å². The number of carbonyl (C=O) groups is 1. The third kappa shape index (κ3) is 3.45. The number of non-ortho nitro benzene ring substituents is 1. The Hall–Kier alpha value is -3.88. The predicted octanol–water partition coefficient (Wildman–Crippen LogP) is 3.58. The number of nitro benzene ring substituents is 1. The number of fused-ring (bicyclic) bond motifs is 2. The lowest BCUT2D eigenvalue weighted by Crippen LogP contribution is -2.29. The van der Waals surface area contributed by atoms with Crippen LogP contribution in [0.1, 0.15) is 36.9 Å². The lowest BCUT2D eigenvalue weighted by atomic mass is 9.94. The number of aromatic nitrogens is 1. The van der Waals surface area contributed by atoms with Crippen molar-refractivity contribution in [3.63, 3.8) is 0 Å². The SMILES string of the molecule is CCCC(=O)N[C@H](c1ccc2c(c1)OCO2)c1cc([N+](=O)[O-])c2cccnc2c1O. The van der Waals surface area contributed by atoms with E-state index in [0.717, 1.165) is 0 Å². The largest absolute Gasteiger partial charge is 0.505 e. The molecule has 0 aliphatic carbocycles. The number of amides is 1. The number of nitro groups is 1. The predicted molar refractivity (Wildman–Crippen MR) is 108 cm³/mol. The molecule has 0 spiro atoms. The number of benzene rings is 2. The Morgan fingerprint density at radius 3 is 2.87 bits per heavy atom. The van der Waals surface area contributed by atoms with Crippen LogP contribution in [0, 0.1) is 10.1 Å². The zero-order valence-electron chi connectivity index (χ0n) is 16.1. The molecule has 0 saturated carbocycles. The molecule has 4 rings (SSSR count). The van der Waals surface area contributed by atoms with Gasteiger partial charge in [0.1, 0.15) is 11.3 Å². The summed E-state index contributed by atoms with van der Waals surface area (Å²) in [5.74, 6) is 0.585. The highest BCUT2D eigenvalue weighted by Crippen LogP contribution is 2.41. The van der Waals surface area contributed by atoms with E-state index in [1.165, 1.54) is 18.3 Å². The summed E-state index contributed by atoms with van der Waals surface area (Å²) in [5, 5.41) is 25.7. The summed E-state index contributed by atoms with van der Waals surface area (Å²) in [5.41, 5.74) is 0.651. The van der Waals surface area contributed by atoms with Gasteiger partial charge in [-0.05, 0) is 36.2 Å². The van der Waals surface area contributed by atoms with Crippen molar-refractivity contribution in [3.05, 3.63) is 63.8 Å². The zero-order chi connectivity index (χ0) is 21.3. The minimum atomic E-state index is -0.844.